The van der Waals surface area contributed by atoms with Gasteiger partial charge < -0.3 is 20.3 Å². The molecule has 2 aliphatic rings. The maximum atomic E-state index is 13.3. The van der Waals surface area contributed by atoms with Gasteiger partial charge in [0, 0.05) is 25.6 Å². The Kier molecular flexibility index (Phi) is 4.82. The van der Waals surface area contributed by atoms with E-state index in [1.54, 1.807) is 17.0 Å². The minimum atomic E-state index is -0.536. The van der Waals surface area contributed by atoms with Gasteiger partial charge in [-0.2, -0.15) is 0 Å². The third-order valence-corrected chi connectivity index (χ3v) is 5.08. The monoisotopic (exact) mass is 363 g/mol. The van der Waals surface area contributed by atoms with E-state index in [-0.39, 0.29) is 23.9 Å². The Balaban J connectivity index is 1.75. The number of halogens is 1. The summed E-state index contributed by atoms with van der Waals surface area (Å²) in [7, 11) is 0. The van der Waals surface area contributed by atoms with Crippen LogP contribution in [0.2, 0.25) is 0 Å². The smallest absolute Gasteiger partial charge is 0.410 e. The molecule has 3 amide bonds. The molecule has 3 rings (SSSR count). The number of amides is 3. The van der Waals surface area contributed by atoms with Crippen molar-refractivity contribution in [2.24, 2.45) is 0 Å². The molecule has 0 radical (unpaired) electrons. The van der Waals surface area contributed by atoms with Gasteiger partial charge in [0.25, 0.3) is 0 Å². The topological polar surface area (TPSA) is 70.7 Å². The number of urea groups is 1. The van der Waals surface area contributed by atoms with E-state index in [1.165, 1.54) is 12.1 Å². The van der Waals surface area contributed by atoms with Crippen LogP contribution in [0.3, 0.4) is 0 Å². The number of benzene rings is 1. The highest BCUT2D eigenvalue weighted by Gasteiger charge is 2.47. The van der Waals surface area contributed by atoms with Crippen molar-refractivity contribution < 1.29 is 18.7 Å². The third kappa shape index (κ3) is 3.92. The van der Waals surface area contributed by atoms with Crippen molar-refractivity contribution in [2.45, 2.75) is 50.7 Å². The molecule has 1 aromatic carbocycles. The number of nitrogens with zero attached hydrogens (tertiary/aromatic N) is 1. The highest BCUT2D eigenvalue weighted by Crippen LogP contribution is 2.38. The van der Waals surface area contributed by atoms with E-state index in [0.717, 1.165) is 5.56 Å². The van der Waals surface area contributed by atoms with Gasteiger partial charge in [-0.15, -0.1) is 0 Å². The van der Waals surface area contributed by atoms with E-state index in [0.29, 0.717) is 32.5 Å². The second kappa shape index (κ2) is 6.78. The zero-order chi connectivity index (χ0) is 18.9. The summed E-state index contributed by atoms with van der Waals surface area (Å²) < 4.78 is 18.7. The number of nitrogens with one attached hydrogen (secondary N) is 2. The molecular formula is C19H26FN3O3. The maximum absolute atomic E-state index is 13.3. The lowest BCUT2D eigenvalue weighted by Gasteiger charge is -2.49. The van der Waals surface area contributed by atoms with Gasteiger partial charge in [-0.05, 0) is 51.3 Å². The van der Waals surface area contributed by atoms with E-state index >= 15 is 0 Å². The van der Waals surface area contributed by atoms with Crippen molar-refractivity contribution >= 4 is 12.1 Å². The van der Waals surface area contributed by atoms with Crippen LogP contribution >= 0.6 is 0 Å². The fourth-order valence-electron chi connectivity index (χ4n) is 3.77. The fourth-order valence-corrected chi connectivity index (χ4v) is 3.77. The standard InChI is InChI=1S/C19H26FN3O3/c1-18(2,3)26-17(25)23-10-8-19(9-11-23)15(12-21-16(24)22-19)13-4-6-14(20)7-5-13/h4-7,15H,8-12H2,1-3H3,(H2,21,22,24). The van der Waals surface area contributed by atoms with Crippen molar-refractivity contribution in [2.75, 3.05) is 19.6 Å². The molecule has 2 aliphatic heterocycles. The van der Waals surface area contributed by atoms with Gasteiger partial charge in [0.2, 0.25) is 0 Å². The third-order valence-electron chi connectivity index (χ3n) is 5.08. The van der Waals surface area contributed by atoms with Crippen LogP contribution in [0.25, 0.3) is 0 Å². The quantitative estimate of drug-likeness (QED) is 0.806. The molecule has 2 fully saturated rings. The van der Waals surface area contributed by atoms with Crippen LogP contribution < -0.4 is 10.6 Å². The molecule has 2 N–H and O–H groups in total. The van der Waals surface area contributed by atoms with Crippen LogP contribution in [-0.2, 0) is 4.74 Å². The molecule has 2 saturated heterocycles. The predicted octanol–water partition coefficient (Wildman–Crippen LogP) is 2.99. The van der Waals surface area contributed by atoms with Crippen LogP contribution in [0, 0.1) is 5.82 Å². The van der Waals surface area contributed by atoms with Gasteiger partial charge in [-0.1, -0.05) is 12.1 Å². The summed E-state index contributed by atoms with van der Waals surface area (Å²) >= 11 is 0. The Morgan fingerprint density at radius 1 is 1.23 bits per heavy atom. The minimum Gasteiger partial charge on any atom is -0.444 e. The molecule has 2 heterocycles. The summed E-state index contributed by atoms with van der Waals surface area (Å²) in [6.45, 7) is 7.03. The summed E-state index contributed by atoms with van der Waals surface area (Å²) in [6, 6.07) is 6.21. The molecule has 0 bridgehead atoms. The first kappa shape index (κ1) is 18.5. The van der Waals surface area contributed by atoms with E-state index < -0.39 is 11.1 Å². The fraction of sp³-hybridized carbons (Fsp3) is 0.579. The molecule has 1 unspecified atom stereocenters. The predicted molar refractivity (Wildman–Crippen MR) is 95.4 cm³/mol. The van der Waals surface area contributed by atoms with Crippen molar-refractivity contribution in [1.29, 1.82) is 0 Å². The lowest BCUT2D eigenvalue weighted by atomic mass is 9.72. The minimum absolute atomic E-state index is 0.0154. The molecule has 1 spiro atoms. The van der Waals surface area contributed by atoms with Gasteiger partial charge in [-0.25, -0.2) is 14.0 Å². The van der Waals surface area contributed by atoms with E-state index in [9.17, 15) is 14.0 Å². The van der Waals surface area contributed by atoms with Crippen LogP contribution in [0.5, 0.6) is 0 Å². The SMILES string of the molecule is CC(C)(C)OC(=O)N1CCC2(CC1)NC(=O)NCC2c1ccc(F)cc1. The highest BCUT2D eigenvalue weighted by molar-refractivity contribution is 5.76. The van der Waals surface area contributed by atoms with Crippen molar-refractivity contribution in [3.8, 4) is 0 Å². The van der Waals surface area contributed by atoms with Crippen LogP contribution in [0.1, 0.15) is 45.1 Å². The average molecular weight is 363 g/mol. The summed E-state index contributed by atoms with van der Waals surface area (Å²) in [6.07, 6.45) is 0.926. The van der Waals surface area contributed by atoms with E-state index in [4.69, 9.17) is 4.74 Å². The molecule has 6 nitrogen and oxygen atoms in total. The number of piperidine rings is 1. The van der Waals surface area contributed by atoms with Gasteiger partial charge in [0.05, 0.1) is 5.54 Å². The lowest BCUT2D eigenvalue weighted by molar-refractivity contribution is 0.0127. The molecule has 0 aromatic heterocycles. The van der Waals surface area contributed by atoms with Crippen LogP contribution in [-0.4, -0.2) is 47.8 Å². The van der Waals surface area contributed by atoms with Gasteiger partial charge in [0.15, 0.2) is 0 Å². The summed E-state index contributed by atoms with van der Waals surface area (Å²) in [5.74, 6) is -0.267. The number of hydrogen-bond donors (Lipinski definition) is 2. The second-order valence-electron chi connectivity index (χ2n) is 8.06. The lowest BCUT2D eigenvalue weighted by Crippen LogP contribution is -2.66. The molecule has 7 heteroatoms. The first-order valence-electron chi connectivity index (χ1n) is 8.98. The zero-order valence-electron chi connectivity index (χ0n) is 15.5. The first-order valence-corrected chi connectivity index (χ1v) is 8.98. The second-order valence-corrected chi connectivity index (χ2v) is 8.06. The molecule has 1 atom stereocenters. The molecule has 1 aromatic rings. The maximum Gasteiger partial charge on any atom is 0.410 e. The van der Waals surface area contributed by atoms with Gasteiger partial charge >= 0.3 is 12.1 Å². The van der Waals surface area contributed by atoms with E-state index in [1.807, 2.05) is 20.8 Å². The number of rotatable bonds is 1. The molecule has 0 saturated carbocycles. The highest BCUT2D eigenvalue weighted by atomic mass is 19.1. The molecule has 142 valence electrons. The zero-order valence-corrected chi connectivity index (χ0v) is 15.5. The number of carbonyl (C=O) groups excluding carboxylic acids is 2. The Bertz CT molecular complexity index is 676. The average Bonchev–Trinajstić information content (AvgIpc) is 2.55. The number of hydrogen-bond acceptors (Lipinski definition) is 3. The first-order chi connectivity index (χ1) is 12.2. The molecular weight excluding hydrogens is 337 g/mol. The van der Waals surface area contributed by atoms with Gasteiger partial charge in [-0.3, -0.25) is 0 Å². The Morgan fingerprint density at radius 3 is 2.42 bits per heavy atom. The Hall–Kier alpha value is -2.31. The van der Waals surface area contributed by atoms with E-state index in [2.05, 4.69) is 10.6 Å². The number of carbonyl (C=O) groups is 2. The molecule has 26 heavy (non-hydrogen) atoms. The van der Waals surface area contributed by atoms with Crippen molar-refractivity contribution in [1.82, 2.24) is 15.5 Å². The number of ether oxygens (including phenoxy) is 1. The summed E-state index contributed by atoms with van der Waals surface area (Å²) in [5.41, 5.74) is -0.00513. The van der Waals surface area contributed by atoms with Crippen LogP contribution in [0.4, 0.5) is 14.0 Å². The number of likely N-dealkylation sites (tertiary alicyclic amines) is 1. The Morgan fingerprint density at radius 2 is 1.85 bits per heavy atom. The van der Waals surface area contributed by atoms with Crippen molar-refractivity contribution in [3.63, 3.8) is 0 Å². The largest absolute Gasteiger partial charge is 0.444 e. The Labute approximate surface area is 153 Å². The van der Waals surface area contributed by atoms with Gasteiger partial charge in [0.1, 0.15) is 11.4 Å². The van der Waals surface area contributed by atoms with Crippen LogP contribution in [0.15, 0.2) is 24.3 Å². The summed E-state index contributed by atoms with van der Waals surface area (Å²) in [4.78, 5) is 26.0. The normalized spacial score (nSPS) is 22.5. The summed E-state index contributed by atoms with van der Waals surface area (Å²) in [5, 5.41) is 5.91. The molecule has 0 aliphatic carbocycles. The van der Waals surface area contributed by atoms with Crippen molar-refractivity contribution in [3.05, 3.63) is 35.6 Å².